The first-order valence-electron chi connectivity index (χ1n) is 4.15. The number of rotatable bonds is 7. The van der Waals surface area contributed by atoms with E-state index in [9.17, 15) is 4.79 Å². The van der Waals surface area contributed by atoms with Gasteiger partial charge in [0.1, 0.15) is 0 Å². The van der Waals surface area contributed by atoms with Crippen molar-refractivity contribution in [2.45, 2.75) is 38.2 Å². The SMILES string of the molecule is O=C(O)C(O)CCCCCCBr. The second-order valence-corrected chi connectivity index (χ2v) is 3.54. The summed E-state index contributed by atoms with van der Waals surface area (Å²) < 4.78 is 0. The second-order valence-electron chi connectivity index (χ2n) is 2.75. The number of aliphatic carboxylic acids is 1. The fraction of sp³-hybridized carbons (Fsp3) is 0.875. The second kappa shape index (κ2) is 7.55. The Bertz CT molecular complexity index is 127. The molecule has 0 bridgehead atoms. The van der Waals surface area contributed by atoms with Gasteiger partial charge in [-0.2, -0.15) is 0 Å². The minimum atomic E-state index is -1.17. The lowest BCUT2D eigenvalue weighted by atomic mass is 10.1. The molecule has 72 valence electrons. The minimum absolute atomic E-state index is 0.373. The number of carboxylic acids is 1. The molecular weight excluding hydrogens is 224 g/mol. The van der Waals surface area contributed by atoms with Crippen LogP contribution in [0.25, 0.3) is 0 Å². The van der Waals surface area contributed by atoms with Crippen molar-refractivity contribution in [1.29, 1.82) is 0 Å². The number of aliphatic hydroxyl groups is 1. The Morgan fingerprint density at radius 2 is 1.83 bits per heavy atom. The Morgan fingerprint density at radius 1 is 1.25 bits per heavy atom. The largest absolute Gasteiger partial charge is 0.479 e. The number of unbranched alkanes of at least 4 members (excludes halogenated alkanes) is 3. The van der Waals surface area contributed by atoms with Gasteiger partial charge in [-0.05, 0) is 12.8 Å². The molecule has 0 saturated heterocycles. The van der Waals surface area contributed by atoms with Gasteiger partial charge in [-0.1, -0.05) is 35.2 Å². The molecule has 0 radical (unpaired) electrons. The lowest BCUT2D eigenvalue weighted by molar-refractivity contribution is -0.146. The zero-order chi connectivity index (χ0) is 9.40. The van der Waals surface area contributed by atoms with Gasteiger partial charge in [-0.15, -0.1) is 0 Å². The van der Waals surface area contributed by atoms with Crippen LogP contribution in [0.5, 0.6) is 0 Å². The maximum atomic E-state index is 10.2. The van der Waals surface area contributed by atoms with Gasteiger partial charge in [-0.3, -0.25) is 0 Å². The third-order valence-corrected chi connectivity index (χ3v) is 2.21. The molecule has 12 heavy (non-hydrogen) atoms. The molecule has 3 nitrogen and oxygen atoms in total. The summed E-state index contributed by atoms with van der Waals surface area (Å²) >= 11 is 3.31. The van der Waals surface area contributed by atoms with Crippen LogP contribution in [0.1, 0.15) is 32.1 Å². The van der Waals surface area contributed by atoms with Crippen molar-refractivity contribution in [3.05, 3.63) is 0 Å². The monoisotopic (exact) mass is 238 g/mol. The topological polar surface area (TPSA) is 57.5 Å². The van der Waals surface area contributed by atoms with Crippen LogP contribution in [0.3, 0.4) is 0 Å². The molecule has 0 heterocycles. The summed E-state index contributed by atoms with van der Waals surface area (Å²) in [4.78, 5) is 10.2. The molecule has 0 aromatic carbocycles. The van der Waals surface area contributed by atoms with Crippen LogP contribution < -0.4 is 0 Å². The maximum absolute atomic E-state index is 10.2. The Hall–Kier alpha value is -0.0900. The van der Waals surface area contributed by atoms with Crippen LogP contribution >= 0.6 is 15.9 Å². The first-order chi connectivity index (χ1) is 5.68. The smallest absolute Gasteiger partial charge is 0.332 e. The predicted molar refractivity (Wildman–Crippen MR) is 50.5 cm³/mol. The summed E-state index contributed by atoms with van der Waals surface area (Å²) in [7, 11) is 0. The average Bonchev–Trinajstić information content (AvgIpc) is 2.03. The summed E-state index contributed by atoms with van der Waals surface area (Å²) in [5.74, 6) is -1.12. The number of hydrogen-bond acceptors (Lipinski definition) is 2. The van der Waals surface area contributed by atoms with Crippen molar-refractivity contribution >= 4 is 21.9 Å². The molecule has 0 aromatic rings. The number of hydrogen-bond donors (Lipinski definition) is 2. The fourth-order valence-corrected chi connectivity index (χ4v) is 1.31. The molecule has 0 aliphatic rings. The van der Waals surface area contributed by atoms with Crippen LogP contribution in [0.15, 0.2) is 0 Å². The molecule has 2 N–H and O–H groups in total. The highest BCUT2D eigenvalue weighted by Gasteiger charge is 2.11. The molecule has 0 aliphatic carbocycles. The summed E-state index contributed by atoms with van der Waals surface area (Å²) in [5, 5.41) is 18.2. The van der Waals surface area contributed by atoms with Gasteiger partial charge in [0.2, 0.25) is 0 Å². The predicted octanol–water partition coefficient (Wildman–Crippen LogP) is 1.78. The van der Waals surface area contributed by atoms with Crippen LogP contribution in [-0.4, -0.2) is 27.6 Å². The zero-order valence-corrected chi connectivity index (χ0v) is 8.59. The van der Waals surface area contributed by atoms with Crippen molar-refractivity contribution in [3.63, 3.8) is 0 Å². The third-order valence-electron chi connectivity index (χ3n) is 1.65. The van der Waals surface area contributed by atoms with E-state index in [1.165, 1.54) is 0 Å². The van der Waals surface area contributed by atoms with E-state index in [0.717, 1.165) is 31.0 Å². The molecule has 0 saturated carbocycles. The van der Waals surface area contributed by atoms with E-state index >= 15 is 0 Å². The molecule has 1 atom stereocenters. The zero-order valence-electron chi connectivity index (χ0n) is 7.00. The van der Waals surface area contributed by atoms with Crippen molar-refractivity contribution in [2.75, 3.05) is 5.33 Å². The van der Waals surface area contributed by atoms with Gasteiger partial charge in [0, 0.05) is 5.33 Å². The van der Waals surface area contributed by atoms with Gasteiger partial charge in [-0.25, -0.2) is 4.79 Å². The van der Waals surface area contributed by atoms with E-state index in [0.29, 0.717) is 6.42 Å². The lowest BCUT2D eigenvalue weighted by Crippen LogP contribution is -2.18. The molecule has 0 spiro atoms. The fourth-order valence-electron chi connectivity index (χ4n) is 0.909. The molecule has 0 fully saturated rings. The highest BCUT2D eigenvalue weighted by molar-refractivity contribution is 9.09. The van der Waals surface area contributed by atoms with Crippen molar-refractivity contribution in [1.82, 2.24) is 0 Å². The molecule has 0 rings (SSSR count). The number of carbonyl (C=O) groups is 1. The standard InChI is InChI=1S/C8H15BrO3/c9-6-4-2-1-3-5-7(10)8(11)12/h7,10H,1-6H2,(H,11,12). The first kappa shape index (κ1) is 11.9. The summed E-state index contributed by atoms with van der Waals surface area (Å²) in [6.45, 7) is 0. The van der Waals surface area contributed by atoms with E-state index in [-0.39, 0.29) is 0 Å². The Morgan fingerprint density at radius 3 is 2.33 bits per heavy atom. The van der Waals surface area contributed by atoms with Gasteiger partial charge < -0.3 is 10.2 Å². The van der Waals surface area contributed by atoms with Crippen LogP contribution in [0, 0.1) is 0 Å². The summed E-state index contributed by atoms with van der Waals surface area (Å²) in [6, 6.07) is 0. The minimum Gasteiger partial charge on any atom is -0.479 e. The molecule has 0 amide bonds. The van der Waals surface area contributed by atoms with Crippen LogP contribution in [-0.2, 0) is 4.79 Å². The quantitative estimate of drug-likeness (QED) is 0.526. The Kier molecular flexibility index (Phi) is 7.50. The van der Waals surface area contributed by atoms with Crippen LogP contribution in [0.2, 0.25) is 0 Å². The van der Waals surface area contributed by atoms with Gasteiger partial charge in [0.15, 0.2) is 6.10 Å². The van der Waals surface area contributed by atoms with E-state index in [2.05, 4.69) is 15.9 Å². The molecule has 1 unspecified atom stereocenters. The Labute approximate surface area is 80.9 Å². The highest BCUT2D eigenvalue weighted by Crippen LogP contribution is 2.06. The van der Waals surface area contributed by atoms with Crippen molar-refractivity contribution < 1.29 is 15.0 Å². The lowest BCUT2D eigenvalue weighted by Gasteiger charge is -2.03. The first-order valence-corrected chi connectivity index (χ1v) is 5.27. The van der Waals surface area contributed by atoms with Crippen LogP contribution in [0.4, 0.5) is 0 Å². The molecule has 0 aromatic heterocycles. The van der Waals surface area contributed by atoms with Crippen molar-refractivity contribution in [2.24, 2.45) is 0 Å². The van der Waals surface area contributed by atoms with Gasteiger partial charge in [0.25, 0.3) is 0 Å². The normalized spacial score (nSPS) is 12.8. The molecule has 0 aliphatic heterocycles. The summed E-state index contributed by atoms with van der Waals surface area (Å²) in [5.41, 5.74) is 0. The maximum Gasteiger partial charge on any atom is 0.332 e. The van der Waals surface area contributed by atoms with E-state index in [1.54, 1.807) is 0 Å². The highest BCUT2D eigenvalue weighted by atomic mass is 79.9. The third kappa shape index (κ3) is 6.61. The summed E-state index contributed by atoms with van der Waals surface area (Å²) in [6.07, 6.45) is 3.20. The number of halogens is 1. The number of alkyl halides is 1. The Balaban J connectivity index is 3.14. The number of aliphatic hydroxyl groups excluding tert-OH is 1. The molecular formula is C8H15BrO3. The van der Waals surface area contributed by atoms with E-state index in [1.807, 2.05) is 0 Å². The van der Waals surface area contributed by atoms with Crippen molar-refractivity contribution in [3.8, 4) is 0 Å². The number of carboxylic acid groups (broad SMARTS) is 1. The van der Waals surface area contributed by atoms with Gasteiger partial charge >= 0.3 is 5.97 Å². The average molecular weight is 239 g/mol. The molecule has 4 heteroatoms. The van der Waals surface area contributed by atoms with Gasteiger partial charge in [0.05, 0.1) is 0 Å². The van der Waals surface area contributed by atoms with E-state index < -0.39 is 12.1 Å². The van der Waals surface area contributed by atoms with E-state index in [4.69, 9.17) is 10.2 Å².